The van der Waals surface area contributed by atoms with E-state index in [4.69, 9.17) is 10.5 Å². The fraction of sp³-hybridized carbons (Fsp3) is 0.625. The molecule has 0 aliphatic carbocycles. The van der Waals surface area contributed by atoms with Crippen molar-refractivity contribution in [3.05, 3.63) is 29.3 Å². The molecule has 0 fully saturated rings. The van der Waals surface area contributed by atoms with Gasteiger partial charge in [0.1, 0.15) is 5.75 Å². The number of hydrogen-bond acceptors (Lipinski definition) is 3. The van der Waals surface area contributed by atoms with Crippen molar-refractivity contribution < 1.29 is 4.74 Å². The lowest BCUT2D eigenvalue weighted by molar-refractivity contribution is 0.386. The van der Waals surface area contributed by atoms with Crippen LogP contribution in [0.4, 0.5) is 0 Å². The maximum Gasteiger partial charge on any atom is 0.123 e. The number of nitrogens with one attached hydrogen (secondary N) is 1. The third-order valence-corrected chi connectivity index (χ3v) is 3.58. The van der Waals surface area contributed by atoms with Crippen LogP contribution in [-0.2, 0) is 6.54 Å². The maximum absolute atomic E-state index is 5.79. The summed E-state index contributed by atoms with van der Waals surface area (Å²) in [5.74, 6) is 2.00. The Labute approximate surface area is 117 Å². The minimum absolute atomic E-state index is 0.340. The molecule has 0 aliphatic heterocycles. The topological polar surface area (TPSA) is 47.3 Å². The third-order valence-electron chi connectivity index (χ3n) is 3.58. The Bertz CT molecular complexity index is 388. The molecule has 0 saturated carbocycles. The highest BCUT2D eigenvalue weighted by atomic mass is 16.5. The molecule has 0 radical (unpaired) electrons. The Kier molecular flexibility index (Phi) is 6.32. The molecule has 0 aliphatic rings. The molecule has 108 valence electrons. The second kappa shape index (κ2) is 7.51. The fourth-order valence-electron chi connectivity index (χ4n) is 2.13. The van der Waals surface area contributed by atoms with Gasteiger partial charge in [-0.2, -0.15) is 0 Å². The smallest absolute Gasteiger partial charge is 0.123 e. The van der Waals surface area contributed by atoms with E-state index in [1.165, 1.54) is 11.1 Å². The average Bonchev–Trinajstić information content (AvgIpc) is 2.38. The molecular formula is C16H28N2O. The van der Waals surface area contributed by atoms with E-state index in [-0.39, 0.29) is 0 Å². The van der Waals surface area contributed by atoms with Crippen LogP contribution < -0.4 is 15.8 Å². The van der Waals surface area contributed by atoms with Crippen LogP contribution in [0, 0.1) is 5.92 Å². The zero-order valence-corrected chi connectivity index (χ0v) is 12.9. The summed E-state index contributed by atoms with van der Waals surface area (Å²) in [6.45, 7) is 10.2. The van der Waals surface area contributed by atoms with Gasteiger partial charge < -0.3 is 15.8 Å². The van der Waals surface area contributed by atoms with Crippen LogP contribution in [0.15, 0.2) is 18.2 Å². The molecule has 0 spiro atoms. The molecule has 1 atom stereocenters. The van der Waals surface area contributed by atoms with E-state index in [0.29, 0.717) is 24.4 Å². The number of ether oxygens (including phenoxy) is 1. The molecule has 1 aromatic carbocycles. The Morgan fingerprint density at radius 1 is 1.21 bits per heavy atom. The second-order valence-electron chi connectivity index (χ2n) is 5.69. The number of methoxy groups -OCH3 is 1. The highest BCUT2D eigenvalue weighted by molar-refractivity contribution is 5.38. The molecule has 0 bridgehead atoms. The summed E-state index contributed by atoms with van der Waals surface area (Å²) in [5.41, 5.74) is 8.33. The summed E-state index contributed by atoms with van der Waals surface area (Å²) < 4.78 is 5.44. The summed E-state index contributed by atoms with van der Waals surface area (Å²) in [5, 5.41) is 3.52. The zero-order valence-electron chi connectivity index (χ0n) is 12.9. The first kappa shape index (κ1) is 16.0. The largest absolute Gasteiger partial charge is 0.496 e. The standard InChI is InChI=1S/C16H28N2O/c1-11(2)13-6-7-16(19-5)14(8-13)10-18-15(9-17)12(3)4/h6-8,11-12,15,18H,9-10,17H2,1-5H3. The molecule has 0 saturated heterocycles. The van der Waals surface area contributed by atoms with Crippen LogP contribution in [0.5, 0.6) is 5.75 Å². The maximum atomic E-state index is 5.79. The van der Waals surface area contributed by atoms with Crippen LogP contribution in [0.3, 0.4) is 0 Å². The summed E-state index contributed by atoms with van der Waals surface area (Å²) in [7, 11) is 1.72. The molecule has 0 aromatic heterocycles. The van der Waals surface area contributed by atoms with Gasteiger partial charge in [0.25, 0.3) is 0 Å². The monoisotopic (exact) mass is 264 g/mol. The summed E-state index contributed by atoms with van der Waals surface area (Å²) in [4.78, 5) is 0. The van der Waals surface area contributed by atoms with Crippen molar-refractivity contribution in [2.75, 3.05) is 13.7 Å². The lowest BCUT2D eigenvalue weighted by Gasteiger charge is -2.21. The highest BCUT2D eigenvalue weighted by Gasteiger charge is 2.12. The SMILES string of the molecule is COc1ccc(C(C)C)cc1CNC(CN)C(C)C. The molecule has 3 nitrogen and oxygen atoms in total. The summed E-state index contributed by atoms with van der Waals surface area (Å²) >= 11 is 0. The third kappa shape index (κ3) is 4.51. The molecule has 1 aromatic rings. The lowest BCUT2D eigenvalue weighted by Crippen LogP contribution is -2.39. The first-order valence-corrected chi connectivity index (χ1v) is 7.09. The van der Waals surface area contributed by atoms with E-state index < -0.39 is 0 Å². The number of rotatable bonds is 7. The second-order valence-corrected chi connectivity index (χ2v) is 5.69. The molecule has 3 N–H and O–H groups in total. The van der Waals surface area contributed by atoms with E-state index in [1.54, 1.807) is 7.11 Å². The van der Waals surface area contributed by atoms with Gasteiger partial charge in [-0.15, -0.1) is 0 Å². The quantitative estimate of drug-likeness (QED) is 0.796. The van der Waals surface area contributed by atoms with Gasteiger partial charge in [0, 0.05) is 24.7 Å². The van der Waals surface area contributed by atoms with Crippen molar-refractivity contribution in [2.45, 2.75) is 46.2 Å². The Hall–Kier alpha value is -1.06. The molecule has 0 heterocycles. The van der Waals surface area contributed by atoms with Gasteiger partial charge in [-0.05, 0) is 23.5 Å². The molecular weight excluding hydrogens is 236 g/mol. The zero-order chi connectivity index (χ0) is 14.4. The molecule has 1 rings (SSSR count). The first-order chi connectivity index (χ1) is 8.99. The van der Waals surface area contributed by atoms with E-state index >= 15 is 0 Å². The molecule has 1 unspecified atom stereocenters. The predicted octanol–water partition coefficient (Wildman–Crippen LogP) is 2.89. The predicted molar refractivity (Wildman–Crippen MR) is 81.6 cm³/mol. The molecule has 3 heteroatoms. The summed E-state index contributed by atoms with van der Waals surface area (Å²) in [6, 6.07) is 6.76. The van der Waals surface area contributed by atoms with Gasteiger partial charge in [-0.1, -0.05) is 39.8 Å². The Morgan fingerprint density at radius 2 is 1.89 bits per heavy atom. The minimum atomic E-state index is 0.340. The van der Waals surface area contributed by atoms with Crippen molar-refractivity contribution in [1.82, 2.24) is 5.32 Å². The van der Waals surface area contributed by atoms with Gasteiger partial charge in [0.15, 0.2) is 0 Å². The normalized spacial score (nSPS) is 13.1. The van der Waals surface area contributed by atoms with Crippen LogP contribution in [0.25, 0.3) is 0 Å². The van der Waals surface area contributed by atoms with Crippen molar-refractivity contribution in [3.63, 3.8) is 0 Å². The van der Waals surface area contributed by atoms with E-state index in [2.05, 4.69) is 51.2 Å². The van der Waals surface area contributed by atoms with Gasteiger partial charge >= 0.3 is 0 Å². The van der Waals surface area contributed by atoms with Gasteiger partial charge in [0.2, 0.25) is 0 Å². The van der Waals surface area contributed by atoms with Crippen molar-refractivity contribution >= 4 is 0 Å². The summed E-state index contributed by atoms with van der Waals surface area (Å²) in [6.07, 6.45) is 0. The van der Waals surface area contributed by atoms with Crippen LogP contribution in [0.2, 0.25) is 0 Å². The Balaban J connectivity index is 2.83. The van der Waals surface area contributed by atoms with Crippen LogP contribution >= 0.6 is 0 Å². The number of benzene rings is 1. The number of nitrogens with two attached hydrogens (primary N) is 1. The minimum Gasteiger partial charge on any atom is -0.496 e. The average molecular weight is 264 g/mol. The van der Waals surface area contributed by atoms with E-state index in [1.807, 2.05) is 0 Å². The van der Waals surface area contributed by atoms with Crippen molar-refractivity contribution in [3.8, 4) is 5.75 Å². The van der Waals surface area contributed by atoms with E-state index in [9.17, 15) is 0 Å². The number of hydrogen-bond donors (Lipinski definition) is 2. The van der Waals surface area contributed by atoms with Crippen molar-refractivity contribution in [1.29, 1.82) is 0 Å². The van der Waals surface area contributed by atoms with Crippen LogP contribution in [-0.4, -0.2) is 19.7 Å². The van der Waals surface area contributed by atoms with Gasteiger partial charge in [0.05, 0.1) is 7.11 Å². The highest BCUT2D eigenvalue weighted by Crippen LogP contribution is 2.24. The van der Waals surface area contributed by atoms with Gasteiger partial charge in [-0.25, -0.2) is 0 Å². The van der Waals surface area contributed by atoms with Crippen molar-refractivity contribution in [2.24, 2.45) is 11.7 Å². The van der Waals surface area contributed by atoms with Gasteiger partial charge in [-0.3, -0.25) is 0 Å². The lowest BCUT2D eigenvalue weighted by atomic mass is 9.99. The van der Waals surface area contributed by atoms with E-state index in [0.717, 1.165) is 12.3 Å². The molecule has 19 heavy (non-hydrogen) atoms. The first-order valence-electron chi connectivity index (χ1n) is 7.09. The fourth-order valence-corrected chi connectivity index (χ4v) is 2.13. The van der Waals surface area contributed by atoms with Crippen LogP contribution in [0.1, 0.15) is 44.7 Å². The molecule has 0 amide bonds. The Morgan fingerprint density at radius 3 is 2.37 bits per heavy atom.